The molecule has 0 aromatic carbocycles. The number of amides is 2. The van der Waals surface area contributed by atoms with E-state index in [-0.39, 0.29) is 19.6 Å². The molecule has 0 unspecified atom stereocenters. The Hall–Kier alpha value is -1.50. The highest BCUT2D eigenvalue weighted by Crippen LogP contribution is 1.88. The topological polar surface area (TPSA) is 119 Å². The summed E-state index contributed by atoms with van der Waals surface area (Å²) in [6.45, 7) is -0.256. The van der Waals surface area contributed by atoms with Crippen LogP contribution in [0.1, 0.15) is 6.42 Å². The molecule has 0 aliphatic heterocycles. The molecule has 0 aromatic rings. The summed E-state index contributed by atoms with van der Waals surface area (Å²) in [7, 11) is 0. The molecular weight excluding hydrogens is 180 g/mol. The maximum absolute atomic E-state index is 10.1. The quantitative estimate of drug-likeness (QED) is 0.393. The third-order valence-corrected chi connectivity index (χ3v) is 1.32. The fourth-order valence-corrected chi connectivity index (χ4v) is 0.737. The van der Waals surface area contributed by atoms with Crippen LogP contribution in [0.2, 0.25) is 0 Å². The van der Waals surface area contributed by atoms with Crippen molar-refractivity contribution in [2.45, 2.75) is 12.5 Å². The highest BCUT2D eigenvalue weighted by atomic mass is 16.4. The van der Waals surface area contributed by atoms with Crippen molar-refractivity contribution in [1.82, 2.24) is 10.6 Å². The van der Waals surface area contributed by atoms with Gasteiger partial charge in [-0.3, -0.25) is 0 Å². The average Bonchev–Trinajstić information content (AvgIpc) is 2.01. The minimum atomic E-state index is -1.24. The summed E-state index contributed by atoms with van der Waals surface area (Å²) in [5, 5.41) is 29.2. The van der Waals surface area contributed by atoms with Gasteiger partial charge in [0.2, 0.25) is 0 Å². The normalized spacial score (nSPS) is 11.8. The van der Waals surface area contributed by atoms with E-state index in [1.54, 1.807) is 0 Å². The Morgan fingerprint density at radius 3 is 2.23 bits per heavy atom. The molecule has 0 rings (SSSR count). The first-order chi connectivity index (χ1) is 6.06. The van der Waals surface area contributed by atoms with Crippen LogP contribution in [0.15, 0.2) is 0 Å². The van der Waals surface area contributed by atoms with Gasteiger partial charge in [-0.2, -0.15) is 0 Å². The van der Waals surface area contributed by atoms with Crippen LogP contribution >= 0.6 is 0 Å². The molecule has 76 valence electrons. The Morgan fingerprint density at radius 1 is 1.23 bits per heavy atom. The molecule has 0 aliphatic rings. The van der Waals surface area contributed by atoms with E-state index in [4.69, 9.17) is 15.3 Å². The lowest BCUT2D eigenvalue weighted by Gasteiger charge is -2.13. The van der Waals surface area contributed by atoms with Gasteiger partial charge in [0.15, 0.2) is 0 Å². The van der Waals surface area contributed by atoms with Gasteiger partial charge in [0.05, 0.1) is 12.6 Å². The van der Waals surface area contributed by atoms with Crippen LogP contribution in [0.4, 0.5) is 9.59 Å². The summed E-state index contributed by atoms with van der Waals surface area (Å²) in [5.74, 6) is 0. The average molecular weight is 192 g/mol. The smallest absolute Gasteiger partial charge is 0.404 e. The van der Waals surface area contributed by atoms with Crippen molar-refractivity contribution in [3.63, 3.8) is 0 Å². The first kappa shape index (κ1) is 11.5. The van der Waals surface area contributed by atoms with E-state index in [1.807, 2.05) is 5.32 Å². The largest absolute Gasteiger partial charge is 0.465 e. The SMILES string of the molecule is O=C(O)NCC[C@@H](CO)NC(=O)O. The second kappa shape index (κ2) is 6.06. The lowest BCUT2D eigenvalue weighted by Crippen LogP contribution is -2.39. The summed E-state index contributed by atoms with van der Waals surface area (Å²) in [4.78, 5) is 20.1. The highest BCUT2D eigenvalue weighted by molar-refractivity contribution is 5.65. The van der Waals surface area contributed by atoms with Gasteiger partial charge < -0.3 is 26.0 Å². The molecule has 0 saturated carbocycles. The monoisotopic (exact) mass is 192 g/mol. The van der Waals surface area contributed by atoms with Gasteiger partial charge in [-0.05, 0) is 6.42 Å². The van der Waals surface area contributed by atoms with Gasteiger partial charge in [0.1, 0.15) is 0 Å². The number of aliphatic hydroxyl groups is 1. The molecule has 0 heterocycles. The molecule has 0 bridgehead atoms. The zero-order chi connectivity index (χ0) is 10.3. The Balaban J connectivity index is 3.59. The summed E-state index contributed by atoms with van der Waals surface area (Å²) in [5.41, 5.74) is 0. The fourth-order valence-electron chi connectivity index (χ4n) is 0.737. The van der Waals surface area contributed by atoms with Crippen LogP contribution in [-0.4, -0.2) is 46.7 Å². The molecule has 7 heteroatoms. The van der Waals surface area contributed by atoms with Gasteiger partial charge in [-0.25, -0.2) is 9.59 Å². The number of hydrogen-bond donors (Lipinski definition) is 5. The maximum atomic E-state index is 10.1. The molecule has 0 saturated heterocycles. The maximum Gasteiger partial charge on any atom is 0.404 e. The molecular formula is C6H12N2O5. The Kier molecular flexibility index (Phi) is 5.37. The van der Waals surface area contributed by atoms with E-state index in [0.717, 1.165) is 0 Å². The Labute approximate surface area is 74.4 Å². The summed E-state index contributed by atoms with van der Waals surface area (Å²) >= 11 is 0. The number of hydrogen-bond acceptors (Lipinski definition) is 3. The fraction of sp³-hybridized carbons (Fsp3) is 0.667. The van der Waals surface area contributed by atoms with Crippen molar-refractivity contribution < 1.29 is 24.9 Å². The van der Waals surface area contributed by atoms with Gasteiger partial charge in [-0.15, -0.1) is 0 Å². The molecule has 7 nitrogen and oxygen atoms in total. The van der Waals surface area contributed by atoms with Gasteiger partial charge in [-0.1, -0.05) is 0 Å². The zero-order valence-corrected chi connectivity index (χ0v) is 6.86. The van der Waals surface area contributed by atoms with Crippen LogP contribution in [0.5, 0.6) is 0 Å². The van der Waals surface area contributed by atoms with Crippen molar-refractivity contribution in [3.8, 4) is 0 Å². The summed E-state index contributed by atoms with van der Waals surface area (Å²) < 4.78 is 0. The molecule has 13 heavy (non-hydrogen) atoms. The van der Waals surface area contributed by atoms with Crippen molar-refractivity contribution in [2.75, 3.05) is 13.2 Å². The van der Waals surface area contributed by atoms with E-state index in [0.29, 0.717) is 0 Å². The molecule has 0 radical (unpaired) electrons. The van der Waals surface area contributed by atoms with Crippen LogP contribution in [0.3, 0.4) is 0 Å². The summed E-state index contributed by atoms with van der Waals surface area (Å²) in [6.07, 6.45) is -2.20. The lowest BCUT2D eigenvalue weighted by atomic mass is 10.2. The third kappa shape index (κ3) is 6.88. The van der Waals surface area contributed by atoms with Crippen molar-refractivity contribution in [1.29, 1.82) is 0 Å². The van der Waals surface area contributed by atoms with E-state index < -0.39 is 18.2 Å². The second-order valence-electron chi connectivity index (χ2n) is 2.35. The molecule has 0 aromatic heterocycles. The predicted octanol–water partition coefficient (Wildman–Crippen LogP) is -0.727. The zero-order valence-electron chi connectivity index (χ0n) is 6.86. The minimum Gasteiger partial charge on any atom is -0.465 e. The van der Waals surface area contributed by atoms with Crippen LogP contribution in [-0.2, 0) is 0 Å². The van der Waals surface area contributed by atoms with Crippen molar-refractivity contribution in [2.24, 2.45) is 0 Å². The van der Waals surface area contributed by atoms with Crippen molar-refractivity contribution >= 4 is 12.2 Å². The number of carbonyl (C=O) groups is 2. The predicted molar refractivity (Wildman–Crippen MR) is 42.7 cm³/mol. The van der Waals surface area contributed by atoms with E-state index in [9.17, 15) is 9.59 Å². The molecule has 2 amide bonds. The van der Waals surface area contributed by atoms with E-state index in [1.165, 1.54) is 0 Å². The molecule has 5 N–H and O–H groups in total. The number of rotatable bonds is 5. The van der Waals surface area contributed by atoms with E-state index in [2.05, 4.69) is 5.32 Å². The van der Waals surface area contributed by atoms with Crippen LogP contribution < -0.4 is 10.6 Å². The highest BCUT2D eigenvalue weighted by Gasteiger charge is 2.09. The minimum absolute atomic E-state index is 0.0981. The summed E-state index contributed by atoms with van der Waals surface area (Å²) in [6, 6.07) is -0.635. The van der Waals surface area contributed by atoms with Crippen LogP contribution in [0.25, 0.3) is 0 Å². The van der Waals surface area contributed by atoms with Crippen molar-refractivity contribution in [3.05, 3.63) is 0 Å². The van der Waals surface area contributed by atoms with Gasteiger partial charge >= 0.3 is 12.2 Å². The lowest BCUT2D eigenvalue weighted by molar-refractivity contribution is 0.174. The standard InChI is InChI=1S/C6H12N2O5/c9-3-4(8-6(12)13)1-2-7-5(10)11/h4,7-9H,1-3H2,(H,10,11)(H,12,13)/t4-/m0/s1. The van der Waals surface area contributed by atoms with E-state index >= 15 is 0 Å². The van der Waals surface area contributed by atoms with Gasteiger partial charge in [0, 0.05) is 6.54 Å². The Bertz CT molecular complexity index is 184. The molecule has 0 aliphatic carbocycles. The molecule has 0 spiro atoms. The van der Waals surface area contributed by atoms with Crippen LogP contribution in [0, 0.1) is 0 Å². The Morgan fingerprint density at radius 2 is 1.85 bits per heavy atom. The third-order valence-electron chi connectivity index (χ3n) is 1.32. The molecule has 1 atom stereocenters. The first-order valence-electron chi connectivity index (χ1n) is 3.63. The number of aliphatic hydroxyl groups excluding tert-OH is 1. The number of nitrogens with one attached hydrogen (secondary N) is 2. The number of carboxylic acid groups (broad SMARTS) is 2. The molecule has 0 fully saturated rings. The second-order valence-corrected chi connectivity index (χ2v) is 2.35. The first-order valence-corrected chi connectivity index (χ1v) is 3.63. The van der Waals surface area contributed by atoms with Gasteiger partial charge in [0.25, 0.3) is 0 Å².